The number of para-hydroxylation sites is 2. The molecule has 24 heavy (non-hydrogen) atoms. The third-order valence-corrected chi connectivity index (χ3v) is 3.84. The number of nitrogens with one attached hydrogen (secondary N) is 2. The van der Waals surface area contributed by atoms with Gasteiger partial charge in [-0.3, -0.25) is 15.1 Å². The molecule has 0 spiro atoms. The number of aryl methyl sites for hydroxylation is 1. The zero-order chi connectivity index (χ0) is 16.7. The Kier molecular flexibility index (Phi) is 3.23. The Labute approximate surface area is 136 Å². The number of anilines is 1. The lowest BCUT2D eigenvalue weighted by Crippen LogP contribution is -2.15. The molecular formula is C18H13FN4O. The summed E-state index contributed by atoms with van der Waals surface area (Å²) >= 11 is 0. The number of aromatic nitrogens is 3. The van der Waals surface area contributed by atoms with E-state index in [1.807, 2.05) is 24.3 Å². The summed E-state index contributed by atoms with van der Waals surface area (Å²) in [5.74, 6) is -0.293. The van der Waals surface area contributed by atoms with Gasteiger partial charge in [0, 0.05) is 11.5 Å². The van der Waals surface area contributed by atoms with E-state index in [4.69, 9.17) is 0 Å². The van der Waals surface area contributed by atoms with Gasteiger partial charge < -0.3 is 4.98 Å². The number of amides is 1. The van der Waals surface area contributed by atoms with Crippen LogP contribution in [0.15, 0.2) is 48.5 Å². The number of fused-ring (bicyclic) bond motifs is 2. The van der Waals surface area contributed by atoms with Gasteiger partial charge in [0.05, 0.1) is 27.8 Å². The van der Waals surface area contributed by atoms with Crippen LogP contribution in [0.1, 0.15) is 16.1 Å². The average molecular weight is 320 g/mol. The van der Waals surface area contributed by atoms with Gasteiger partial charge in [-0.15, -0.1) is 0 Å². The number of aromatic amines is 1. The summed E-state index contributed by atoms with van der Waals surface area (Å²) in [4.78, 5) is 24.2. The molecular weight excluding hydrogens is 307 g/mol. The summed E-state index contributed by atoms with van der Waals surface area (Å²) < 4.78 is 13.3. The van der Waals surface area contributed by atoms with Gasteiger partial charge >= 0.3 is 0 Å². The van der Waals surface area contributed by atoms with Gasteiger partial charge in [-0.05, 0) is 37.3 Å². The van der Waals surface area contributed by atoms with Crippen LogP contribution in [0.3, 0.4) is 0 Å². The number of carbonyl (C=O) groups excluding carboxylic acids is 1. The van der Waals surface area contributed by atoms with Gasteiger partial charge in [-0.1, -0.05) is 12.1 Å². The van der Waals surface area contributed by atoms with Crippen molar-refractivity contribution in [3.05, 3.63) is 65.6 Å². The molecule has 0 aliphatic heterocycles. The largest absolute Gasteiger partial charge is 0.324 e. The molecule has 0 saturated heterocycles. The highest BCUT2D eigenvalue weighted by molar-refractivity contribution is 6.06. The average Bonchev–Trinajstić information content (AvgIpc) is 2.96. The molecule has 0 fully saturated rings. The van der Waals surface area contributed by atoms with Crippen LogP contribution in [0.4, 0.5) is 10.3 Å². The minimum Gasteiger partial charge on any atom is -0.324 e. The first-order valence-electron chi connectivity index (χ1n) is 7.43. The van der Waals surface area contributed by atoms with Gasteiger partial charge in [0.2, 0.25) is 5.95 Å². The smallest absolute Gasteiger partial charge is 0.259 e. The highest BCUT2D eigenvalue weighted by Gasteiger charge is 2.14. The van der Waals surface area contributed by atoms with Crippen LogP contribution in [0.5, 0.6) is 0 Å². The molecule has 4 rings (SSSR count). The summed E-state index contributed by atoms with van der Waals surface area (Å²) in [5.41, 5.74) is 3.09. The van der Waals surface area contributed by atoms with E-state index in [0.717, 1.165) is 11.0 Å². The number of imidazole rings is 1. The van der Waals surface area contributed by atoms with E-state index in [9.17, 15) is 9.18 Å². The normalized spacial score (nSPS) is 11.1. The number of H-pyrrole nitrogens is 1. The van der Waals surface area contributed by atoms with Crippen LogP contribution >= 0.6 is 0 Å². The van der Waals surface area contributed by atoms with Crippen LogP contribution in [0, 0.1) is 12.7 Å². The number of halogens is 1. The molecule has 0 atom stereocenters. The minimum absolute atomic E-state index is 0.315. The first-order valence-corrected chi connectivity index (χ1v) is 7.43. The third kappa shape index (κ3) is 2.48. The van der Waals surface area contributed by atoms with Gasteiger partial charge in [-0.25, -0.2) is 9.37 Å². The van der Waals surface area contributed by atoms with Crippen molar-refractivity contribution < 1.29 is 9.18 Å². The maximum absolute atomic E-state index is 13.3. The number of nitrogens with zero attached hydrogens (tertiary/aromatic N) is 2. The summed E-state index contributed by atoms with van der Waals surface area (Å²) in [6.07, 6.45) is 0. The Morgan fingerprint density at radius 2 is 1.92 bits per heavy atom. The lowest BCUT2D eigenvalue weighted by Gasteiger charge is -2.07. The molecule has 0 aliphatic rings. The van der Waals surface area contributed by atoms with E-state index in [1.54, 1.807) is 19.1 Å². The van der Waals surface area contributed by atoms with Crippen molar-refractivity contribution in [3.63, 3.8) is 0 Å². The van der Waals surface area contributed by atoms with E-state index in [2.05, 4.69) is 20.3 Å². The first-order chi connectivity index (χ1) is 11.6. The summed E-state index contributed by atoms with van der Waals surface area (Å²) in [6, 6.07) is 13.5. The third-order valence-electron chi connectivity index (χ3n) is 3.84. The molecule has 0 saturated carbocycles. The van der Waals surface area contributed by atoms with Crippen molar-refractivity contribution in [2.45, 2.75) is 6.92 Å². The van der Waals surface area contributed by atoms with Gasteiger partial charge in [0.15, 0.2) is 0 Å². The van der Waals surface area contributed by atoms with Gasteiger partial charge in [-0.2, -0.15) is 0 Å². The second-order valence-electron chi connectivity index (χ2n) is 5.52. The van der Waals surface area contributed by atoms with Crippen LogP contribution in [-0.4, -0.2) is 20.9 Å². The number of carbonyl (C=O) groups is 1. The van der Waals surface area contributed by atoms with E-state index in [1.165, 1.54) is 12.1 Å². The quantitative estimate of drug-likeness (QED) is 0.590. The lowest BCUT2D eigenvalue weighted by molar-refractivity contribution is 0.102. The van der Waals surface area contributed by atoms with Crippen LogP contribution in [0.25, 0.3) is 21.9 Å². The van der Waals surface area contributed by atoms with Crippen molar-refractivity contribution in [2.75, 3.05) is 5.32 Å². The van der Waals surface area contributed by atoms with E-state index >= 15 is 0 Å². The fourth-order valence-corrected chi connectivity index (χ4v) is 2.65. The van der Waals surface area contributed by atoms with Crippen LogP contribution < -0.4 is 5.32 Å². The fraction of sp³-hybridized carbons (Fsp3) is 0.0556. The summed E-state index contributed by atoms with van der Waals surface area (Å²) in [7, 11) is 0. The van der Waals surface area contributed by atoms with Crippen molar-refractivity contribution in [1.29, 1.82) is 0 Å². The highest BCUT2D eigenvalue weighted by Crippen LogP contribution is 2.19. The Morgan fingerprint density at radius 1 is 1.08 bits per heavy atom. The standard InChI is InChI=1S/C18H13FN4O/c1-10-13(8-11-6-7-12(19)9-16(11)20-10)17(24)23-18-21-14-4-2-3-5-15(14)22-18/h2-9H,1H3,(H2,21,22,23,24). The summed E-state index contributed by atoms with van der Waals surface area (Å²) in [6.45, 7) is 1.72. The van der Waals surface area contributed by atoms with Crippen LogP contribution in [-0.2, 0) is 0 Å². The van der Waals surface area contributed by atoms with E-state index in [-0.39, 0.29) is 11.7 Å². The predicted molar refractivity (Wildman–Crippen MR) is 90.5 cm³/mol. The fourth-order valence-electron chi connectivity index (χ4n) is 2.65. The molecule has 6 heteroatoms. The minimum atomic E-state index is -0.353. The second-order valence-corrected chi connectivity index (χ2v) is 5.52. The zero-order valence-corrected chi connectivity index (χ0v) is 12.8. The van der Waals surface area contributed by atoms with Crippen LogP contribution in [0.2, 0.25) is 0 Å². The molecule has 1 amide bonds. The number of benzene rings is 2. The zero-order valence-electron chi connectivity index (χ0n) is 12.8. The van der Waals surface area contributed by atoms with E-state index < -0.39 is 0 Å². The lowest BCUT2D eigenvalue weighted by atomic mass is 10.1. The Hall–Kier alpha value is -3.28. The molecule has 2 heterocycles. The van der Waals surface area contributed by atoms with Crippen molar-refractivity contribution in [1.82, 2.24) is 15.0 Å². The number of hydrogen-bond donors (Lipinski definition) is 2. The molecule has 2 aromatic carbocycles. The van der Waals surface area contributed by atoms with Gasteiger partial charge in [0.25, 0.3) is 5.91 Å². The highest BCUT2D eigenvalue weighted by atomic mass is 19.1. The maximum atomic E-state index is 13.3. The van der Waals surface area contributed by atoms with Gasteiger partial charge in [0.1, 0.15) is 5.82 Å². The monoisotopic (exact) mass is 320 g/mol. The number of pyridine rings is 1. The van der Waals surface area contributed by atoms with Crippen molar-refractivity contribution in [3.8, 4) is 0 Å². The molecule has 0 radical (unpaired) electrons. The molecule has 2 aromatic heterocycles. The van der Waals surface area contributed by atoms with Crippen molar-refractivity contribution >= 4 is 33.8 Å². The molecule has 118 valence electrons. The SMILES string of the molecule is Cc1nc2cc(F)ccc2cc1C(=O)Nc1nc2ccccc2[nH]1. The topological polar surface area (TPSA) is 70.7 Å². The summed E-state index contributed by atoms with van der Waals surface area (Å²) in [5, 5.41) is 3.45. The Balaban J connectivity index is 1.69. The Bertz CT molecular complexity index is 1050. The second kappa shape index (κ2) is 5.42. The molecule has 2 N–H and O–H groups in total. The number of rotatable bonds is 2. The molecule has 0 bridgehead atoms. The molecule has 4 aromatic rings. The maximum Gasteiger partial charge on any atom is 0.259 e. The molecule has 5 nitrogen and oxygen atoms in total. The first kappa shape index (κ1) is 14.3. The Morgan fingerprint density at radius 3 is 2.75 bits per heavy atom. The molecule has 0 aliphatic carbocycles. The number of hydrogen-bond acceptors (Lipinski definition) is 3. The van der Waals surface area contributed by atoms with Crippen molar-refractivity contribution in [2.24, 2.45) is 0 Å². The molecule has 0 unspecified atom stereocenters. The predicted octanol–water partition coefficient (Wildman–Crippen LogP) is 3.81. The van der Waals surface area contributed by atoms with E-state index in [0.29, 0.717) is 28.1 Å².